The fourth-order valence-corrected chi connectivity index (χ4v) is 8.83. The number of carboxylic acids is 1. The summed E-state index contributed by atoms with van der Waals surface area (Å²) in [6.45, 7) is 7.05. The number of guanidine groups is 1. The molecule has 0 aliphatic rings. The topological polar surface area (TPSA) is 603 Å². The van der Waals surface area contributed by atoms with E-state index in [1.165, 1.54) is 63.2 Å². The van der Waals surface area contributed by atoms with Crippen LogP contribution in [0.3, 0.4) is 0 Å². The van der Waals surface area contributed by atoms with Crippen LogP contribution in [-0.4, -0.2) is 196 Å². The van der Waals surface area contributed by atoms with Crippen molar-refractivity contribution in [3.8, 4) is 5.75 Å². The Morgan fingerprint density at radius 3 is 1.51 bits per heavy atom. The Morgan fingerprint density at radius 1 is 0.589 bits per heavy atom. The third kappa shape index (κ3) is 27.3. The van der Waals surface area contributed by atoms with E-state index in [0.717, 1.165) is 6.92 Å². The Hall–Kier alpha value is -9.51. The minimum Gasteiger partial charge on any atom is -0.480 e. The van der Waals surface area contributed by atoms with Crippen LogP contribution >= 0.6 is 7.57 Å². The number of hydrogen-bond donors (Lipinski definition) is 20. The summed E-state index contributed by atoms with van der Waals surface area (Å²) in [6.07, 6.45) is 4.04. The molecular weight excluding hydrogens is 1210 g/mol. The van der Waals surface area contributed by atoms with Crippen LogP contribution in [0.1, 0.15) is 90.1 Å². The third-order valence-corrected chi connectivity index (χ3v) is 13.5. The van der Waals surface area contributed by atoms with E-state index in [1.807, 2.05) is 0 Å². The van der Waals surface area contributed by atoms with Crippen LogP contribution in [0.15, 0.2) is 54.3 Å². The normalized spacial score (nSPS) is 14.9. The van der Waals surface area contributed by atoms with Crippen molar-refractivity contribution in [3.05, 3.63) is 66.3 Å². The Bertz CT molecular complexity index is 3030. The number of aromatic nitrogens is 4. The van der Waals surface area contributed by atoms with E-state index in [-0.39, 0.29) is 68.4 Å². The van der Waals surface area contributed by atoms with E-state index in [1.54, 1.807) is 13.8 Å². The molecule has 2 heterocycles. The molecule has 2 aromatic heterocycles. The number of carbonyl (C=O) groups is 12. The maximum atomic E-state index is 14.7. The van der Waals surface area contributed by atoms with E-state index in [2.05, 4.69) is 79.1 Å². The van der Waals surface area contributed by atoms with Crippen LogP contribution in [0.4, 0.5) is 0 Å². The zero-order chi connectivity index (χ0) is 67.6. The molecule has 37 heteroatoms. The van der Waals surface area contributed by atoms with E-state index >= 15 is 0 Å². The van der Waals surface area contributed by atoms with Crippen molar-refractivity contribution in [2.24, 2.45) is 39.6 Å². The summed E-state index contributed by atoms with van der Waals surface area (Å²) < 4.78 is 5.07. The van der Waals surface area contributed by atoms with Crippen LogP contribution in [0.5, 0.6) is 5.75 Å². The Kier molecular flexibility index (Phi) is 30.0. The second-order valence-electron chi connectivity index (χ2n) is 21.4. The largest absolute Gasteiger partial charge is 0.480 e. The van der Waals surface area contributed by atoms with Gasteiger partial charge in [-0.15, -0.1) is 0 Å². The number of rotatable bonds is 39. The number of H-pyrrole nitrogens is 2. The number of aliphatic imine (C=N–C) groups is 1. The molecule has 0 unspecified atom stereocenters. The highest BCUT2D eigenvalue weighted by atomic mass is 31.2. The second-order valence-corrected chi connectivity index (χ2v) is 22.9. The Balaban J connectivity index is 2.00. The van der Waals surface area contributed by atoms with Gasteiger partial charge in [0.25, 0.3) is 7.57 Å². The molecule has 3 rings (SSSR count). The van der Waals surface area contributed by atoms with Gasteiger partial charge >= 0.3 is 5.97 Å². The van der Waals surface area contributed by atoms with Crippen molar-refractivity contribution >= 4 is 90.8 Å². The summed E-state index contributed by atoms with van der Waals surface area (Å²) in [5, 5.41) is 42.4. The summed E-state index contributed by atoms with van der Waals surface area (Å²) >= 11 is 0. The molecule has 0 fully saturated rings. The number of nitrogens with zero attached hydrogens (tertiary/aromatic N) is 3. The van der Waals surface area contributed by atoms with Gasteiger partial charge in [-0.1, -0.05) is 26.0 Å². The first kappa shape index (κ1) is 74.7. The molecular formula is C53H82N19O17P. The lowest BCUT2D eigenvalue weighted by Crippen LogP contribution is -2.62. The van der Waals surface area contributed by atoms with Gasteiger partial charge in [-0.3, -0.25) is 57.7 Å². The van der Waals surface area contributed by atoms with E-state index in [4.69, 9.17) is 33.2 Å². The van der Waals surface area contributed by atoms with Gasteiger partial charge in [0.05, 0.1) is 31.2 Å². The highest BCUT2D eigenvalue weighted by Gasteiger charge is 2.37. The Labute approximate surface area is 516 Å². The van der Waals surface area contributed by atoms with Crippen molar-refractivity contribution in [2.75, 3.05) is 6.54 Å². The second kappa shape index (κ2) is 36.1. The lowest BCUT2D eigenvalue weighted by Gasteiger charge is -2.28. The molecule has 0 bridgehead atoms. The molecule has 0 aliphatic heterocycles. The molecule has 36 nitrogen and oxygen atoms in total. The number of benzene rings is 1. The lowest BCUT2D eigenvalue weighted by molar-refractivity contribution is -0.142. The zero-order valence-electron chi connectivity index (χ0n) is 50.1. The van der Waals surface area contributed by atoms with Gasteiger partial charge in [0, 0.05) is 56.0 Å². The number of nitrogens with two attached hydrogens (primary N) is 5. The van der Waals surface area contributed by atoms with Gasteiger partial charge in [0.1, 0.15) is 60.1 Å². The molecule has 0 radical (unpaired) electrons. The standard InChI is InChI=1S/C53H82N19O17P/c1-25(2)16-35(46(79)70-37(18-30-21-59-23-62-30)48(81)65-33(13-14-40(55)74)45(78)66-34(52(85)86)8-7-15-61-53(57)58)69-49(82)38(19-31-22-60-24-63-31)71-47(80)36(17-29-9-11-32(12-10-29)89-90(6,87)88)68-44(77)27(4)64-51(84)42(28(5)73)72-50(83)39(20-41(56)75)67-43(76)26(3)54/h9-12,21-28,33-39,42,73,87-88H,6-8,13-20,54H2,1-5H3,(H2,55,74)(H2,56,75)(H,59,62)(H,60,63)(H,64,84)(H,65,81)(H,66,78)(H,67,76)(H,68,77)(H,69,82)(H,70,79)(H,71,80)(H,72,83)(H,85,86)(H4,57,58,61)/t26-,27-,28+,33-,34-,35-,36-,37-,38-,39-,42-/m0/s1. The molecule has 0 aliphatic carbocycles. The van der Waals surface area contributed by atoms with Gasteiger partial charge in [-0.25, -0.2) is 14.8 Å². The van der Waals surface area contributed by atoms with Crippen LogP contribution in [0.2, 0.25) is 0 Å². The molecule has 1 aromatic carbocycles. The van der Waals surface area contributed by atoms with Gasteiger partial charge in [0.2, 0.25) is 65.0 Å². The summed E-state index contributed by atoms with van der Waals surface area (Å²) in [7, 11) is -4.03. The number of carboxylic acid groups (broad SMARTS) is 1. The number of amides is 11. The van der Waals surface area contributed by atoms with Crippen LogP contribution in [0.25, 0.3) is 0 Å². The minimum atomic E-state index is -4.03. The first-order valence-electron chi connectivity index (χ1n) is 28.1. The number of carbonyl (C=O) groups excluding carboxylic acids is 11. The van der Waals surface area contributed by atoms with Crippen LogP contribution in [-0.2, 0) is 76.8 Å². The number of hydrogen-bond acceptors (Lipinski definition) is 20. The fraction of sp³-hybridized carbons (Fsp3) is 0.509. The first-order chi connectivity index (χ1) is 42.1. The highest BCUT2D eigenvalue weighted by molar-refractivity contribution is 7.58. The van der Waals surface area contributed by atoms with E-state index in [0.29, 0.717) is 11.3 Å². The number of primary amides is 2. The number of aliphatic hydroxyl groups excluding tert-OH is 1. The summed E-state index contributed by atoms with van der Waals surface area (Å²) in [5.74, 6) is -13.1. The maximum Gasteiger partial charge on any atom is 0.326 e. The maximum absolute atomic E-state index is 14.7. The molecule has 90 heavy (non-hydrogen) atoms. The number of aromatic amines is 2. The van der Waals surface area contributed by atoms with Crippen molar-refractivity contribution < 1.29 is 82.1 Å². The fourth-order valence-electron chi connectivity index (χ4n) is 8.37. The molecule has 0 spiro atoms. The SMILES string of the molecule is C=P(O)(O)Oc1ccc(C[C@H](NC(=O)[C@H](C)NC(=O)[C@@H](NC(=O)[C@H](CC(N)=O)NC(=O)[C@H](C)N)[C@@H](C)O)C(=O)N[C@@H](Cc2cnc[nH]2)C(=O)N[C@@H](CC(C)C)C(=O)N[C@@H](Cc2cnc[nH]2)C(=O)N[C@@H](CCC(N)=O)C(=O)N[C@@H](CCCN=C(N)N)C(=O)O)cc1. The average Bonchev–Trinajstić information content (AvgIpc) is 1.57. The van der Waals surface area contributed by atoms with Crippen LogP contribution in [0, 0.1) is 5.92 Å². The zero-order valence-corrected chi connectivity index (χ0v) is 51.0. The van der Waals surface area contributed by atoms with E-state index in [9.17, 15) is 77.5 Å². The van der Waals surface area contributed by atoms with Crippen molar-refractivity contribution in [3.63, 3.8) is 0 Å². The molecule has 25 N–H and O–H groups in total. The van der Waals surface area contributed by atoms with Gasteiger partial charge in [-0.05, 0) is 76.4 Å². The van der Waals surface area contributed by atoms with Gasteiger partial charge < -0.3 is 111 Å². The average molecular weight is 1290 g/mol. The van der Waals surface area contributed by atoms with E-state index < -0.39 is 164 Å². The van der Waals surface area contributed by atoms with Crippen LogP contribution < -0.4 is 81.0 Å². The number of imidazole rings is 2. The smallest absolute Gasteiger partial charge is 0.326 e. The van der Waals surface area contributed by atoms with Gasteiger partial charge in [-0.2, -0.15) is 0 Å². The first-order valence-corrected chi connectivity index (χ1v) is 29.9. The lowest BCUT2D eigenvalue weighted by atomic mass is 10.0. The summed E-state index contributed by atoms with van der Waals surface area (Å²) in [4.78, 5) is 198. The number of nitrogens with one attached hydrogen (secondary N) is 11. The van der Waals surface area contributed by atoms with Gasteiger partial charge in [0.15, 0.2) is 5.96 Å². The predicted molar refractivity (Wildman–Crippen MR) is 321 cm³/mol. The molecule has 0 saturated heterocycles. The van der Waals surface area contributed by atoms with Crippen molar-refractivity contribution in [2.45, 2.75) is 159 Å². The monoisotopic (exact) mass is 1290 g/mol. The molecule has 496 valence electrons. The number of aliphatic carboxylic acids is 1. The third-order valence-electron chi connectivity index (χ3n) is 13.0. The molecule has 11 amide bonds. The highest BCUT2D eigenvalue weighted by Crippen LogP contribution is 2.37. The number of aliphatic hydroxyl groups is 1. The predicted octanol–water partition coefficient (Wildman–Crippen LogP) is -6.85. The minimum absolute atomic E-state index is 0.0280. The Morgan fingerprint density at radius 2 is 1.06 bits per heavy atom. The van der Waals surface area contributed by atoms with Crippen molar-refractivity contribution in [1.82, 2.24) is 67.8 Å². The summed E-state index contributed by atoms with van der Waals surface area (Å²) in [5.41, 5.74) is 27.8. The summed E-state index contributed by atoms with van der Waals surface area (Å²) in [6, 6.07) is -10.1. The molecule has 3 aromatic rings. The molecule has 11 atom stereocenters. The van der Waals surface area contributed by atoms with Crippen molar-refractivity contribution in [1.29, 1.82) is 0 Å². The molecule has 0 saturated carbocycles. The quantitative estimate of drug-likeness (QED) is 0.0109.